The van der Waals surface area contributed by atoms with E-state index in [-0.39, 0.29) is 11.5 Å². The van der Waals surface area contributed by atoms with Gasteiger partial charge in [0.1, 0.15) is 11.4 Å². The lowest BCUT2D eigenvalue weighted by Gasteiger charge is -2.22. The van der Waals surface area contributed by atoms with E-state index < -0.39 is 5.91 Å². The maximum absolute atomic E-state index is 12.7. The SMILES string of the molecule is CC(=C1CC1)N(C)c1ccc(C)cc1C.CCCC(=O)c1c(CCC)c(C(N)=O)nn1-c1ccc(OC)cc1. The van der Waals surface area contributed by atoms with Crippen LogP contribution in [0.3, 0.4) is 0 Å². The molecule has 7 heteroatoms. The predicted octanol–water partition coefficient (Wildman–Crippen LogP) is 6.72. The van der Waals surface area contributed by atoms with E-state index in [1.807, 2.05) is 13.8 Å². The van der Waals surface area contributed by atoms with Crippen molar-refractivity contribution in [3.63, 3.8) is 0 Å². The minimum Gasteiger partial charge on any atom is -0.497 e. The average molecular weight is 531 g/mol. The van der Waals surface area contributed by atoms with Crippen molar-refractivity contribution in [3.8, 4) is 11.4 Å². The topological polar surface area (TPSA) is 90.5 Å². The van der Waals surface area contributed by atoms with E-state index in [9.17, 15) is 9.59 Å². The van der Waals surface area contributed by atoms with Crippen LogP contribution in [0.5, 0.6) is 5.75 Å². The van der Waals surface area contributed by atoms with Crippen molar-refractivity contribution in [1.29, 1.82) is 0 Å². The van der Waals surface area contributed by atoms with Gasteiger partial charge in [0.15, 0.2) is 11.5 Å². The number of allylic oxidation sites excluding steroid dienone is 2. The van der Waals surface area contributed by atoms with Gasteiger partial charge in [0, 0.05) is 30.4 Å². The standard InChI is InChI=1S/C18H23N3O3.C14H19N/c1-4-6-14-16(18(19)23)20-21(17(14)15(22)7-5-2)12-8-10-13(24-3)11-9-12;1-10-5-8-14(11(2)9-10)15(4)12(3)13-6-7-13/h8-11H,4-7H2,1-3H3,(H2,19,23);5,8-9H,6-7H2,1-4H3. The summed E-state index contributed by atoms with van der Waals surface area (Å²) in [6.45, 7) is 10.5. The van der Waals surface area contributed by atoms with E-state index in [0.717, 1.165) is 12.8 Å². The van der Waals surface area contributed by atoms with Gasteiger partial charge in [-0.2, -0.15) is 5.10 Å². The Labute approximate surface area is 232 Å². The number of methoxy groups -OCH3 is 1. The van der Waals surface area contributed by atoms with E-state index in [2.05, 4.69) is 56.0 Å². The van der Waals surface area contributed by atoms with E-state index in [1.54, 1.807) is 36.9 Å². The monoisotopic (exact) mass is 530 g/mol. The number of Topliss-reactive ketones (excluding diaryl/α,β-unsaturated/α-hetero) is 1. The number of hydrogen-bond acceptors (Lipinski definition) is 5. The molecule has 208 valence electrons. The average Bonchev–Trinajstić information content (AvgIpc) is 3.69. The van der Waals surface area contributed by atoms with E-state index >= 15 is 0 Å². The van der Waals surface area contributed by atoms with Crippen LogP contribution in [-0.2, 0) is 6.42 Å². The van der Waals surface area contributed by atoms with Crippen molar-refractivity contribution >= 4 is 17.4 Å². The highest BCUT2D eigenvalue weighted by atomic mass is 16.5. The molecule has 2 aromatic carbocycles. The van der Waals surface area contributed by atoms with Crippen molar-refractivity contribution in [2.45, 2.75) is 73.1 Å². The molecule has 0 saturated heterocycles. The fourth-order valence-corrected chi connectivity index (χ4v) is 4.70. The number of aromatic nitrogens is 2. The molecule has 7 nitrogen and oxygen atoms in total. The van der Waals surface area contributed by atoms with Gasteiger partial charge in [-0.05, 0) is 82.3 Å². The molecule has 4 rings (SSSR count). The summed E-state index contributed by atoms with van der Waals surface area (Å²) < 4.78 is 6.69. The second-order valence-corrected chi connectivity index (χ2v) is 10.1. The van der Waals surface area contributed by atoms with Gasteiger partial charge in [0.05, 0.1) is 12.8 Å². The quantitative estimate of drug-likeness (QED) is 0.294. The molecule has 1 saturated carbocycles. The Balaban J connectivity index is 0.000000239. The molecule has 0 aliphatic heterocycles. The lowest BCUT2D eigenvalue weighted by molar-refractivity contribution is 0.0971. The third-order valence-electron chi connectivity index (χ3n) is 7.00. The summed E-state index contributed by atoms with van der Waals surface area (Å²) in [6, 6.07) is 13.8. The zero-order chi connectivity index (χ0) is 28.7. The van der Waals surface area contributed by atoms with Gasteiger partial charge >= 0.3 is 0 Å². The van der Waals surface area contributed by atoms with Crippen LogP contribution >= 0.6 is 0 Å². The Hall–Kier alpha value is -3.87. The van der Waals surface area contributed by atoms with E-state index in [0.29, 0.717) is 35.5 Å². The minimum atomic E-state index is -0.615. The number of nitrogens with two attached hydrogens (primary N) is 1. The number of primary amides is 1. The number of rotatable bonds is 10. The maximum atomic E-state index is 12.7. The molecule has 39 heavy (non-hydrogen) atoms. The highest BCUT2D eigenvalue weighted by Crippen LogP contribution is 2.35. The number of benzene rings is 2. The molecule has 0 atom stereocenters. The first kappa shape index (κ1) is 29.7. The number of amides is 1. The van der Waals surface area contributed by atoms with Crippen molar-refractivity contribution in [3.05, 3.63) is 81.8 Å². The number of carbonyl (C=O) groups is 2. The molecule has 1 aromatic heterocycles. The second-order valence-electron chi connectivity index (χ2n) is 10.1. The van der Waals surface area contributed by atoms with Gasteiger partial charge in [-0.25, -0.2) is 4.68 Å². The van der Waals surface area contributed by atoms with Gasteiger partial charge < -0.3 is 15.4 Å². The van der Waals surface area contributed by atoms with Gasteiger partial charge in [-0.1, -0.05) is 43.5 Å². The Morgan fingerprint density at radius 3 is 2.23 bits per heavy atom. The lowest BCUT2D eigenvalue weighted by Crippen LogP contribution is -2.15. The lowest BCUT2D eigenvalue weighted by atomic mass is 10.0. The maximum Gasteiger partial charge on any atom is 0.269 e. The Morgan fingerprint density at radius 1 is 1.05 bits per heavy atom. The third-order valence-corrected chi connectivity index (χ3v) is 7.00. The summed E-state index contributed by atoms with van der Waals surface area (Å²) in [5.74, 6) is 0.0595. The van der Waals surface area contributed by atoms with Crippen LogP contribution in [0.15, 0.2) is 53.7 Å². The summed E-state index contributed by atoms with van der Waals surface area (Å²) in [5.41, 5.74) is 14.5. The largest absolute Gasteiger partial charge is 0.497 e. The normalized spacial score (nSPS) is 11.9. The highest BCUT2D eigenvalue weighted by Gasteiger charge is 2.25. The van der Waals surface area contributed by atoms with Crippen molar-refractivity contribution in [2.75, 3.05) is 19.1 Å². The molecule has 0 spiro atoms. The van der Waals surface area contributed by atoms with Crippen LogP contribution in [0.2, 0.25) is 0 Å². The highest BCUT2D eigenvalue weighted by molar-refractivity contribution is 6.01. The zero-order valence-electron chi connectivity index (χ0n) is 24.4. The fraction of sp³-hybridized carbons (Fsp3) is 0.406. The van der Waals surface area contributed by atoms with Gasteiger partial charge in [0.25, 0.3) is 5.91 Å². The van der Waals surface area contributed by atoms with E-state index in [1.165, 1.54) is 40.0 Å². The number of ketones is 1. The Morgan fingerprint density at radius 2 is 1.72 bits per heavy atom. The second kappa shape index (κ2) is 13.3. The van der Waals surface area contributed by atoms with Gasteiger partial charge in [-0.15, -0.1) is 0 Å². The van der Waals surface area contributed by atoms with Crippen LogP contribution in [0.4, 0.5) is 5.69 Å². The summed E-state index contributed by atoms with van der Waals surface area (Å²) in [4.78, 5) is 26.8. The minimum absolute atomic E-state index is 0.0308. The first-order valence-corrected chi connectivity index (χ1v) is 13.7. The first-order chi connectivity index (χ1) is 18.6. The summed E-state index contributed by atoms with van der Waals surface area (Å²) >= 11 is 0. The van der Waals surface area contributed by atoms with Gasteiger partial charge in [0.2, 0.25) is 0 Å². The van der Waals surface area contributed by atoms with Crippen LogP contribution in [0, 0.1) is 13.8 Å². The molecule has 1 aliphatic rings. The summed E-state index contributed by atoms with van der Waals surface area (Å²) in [5, 5.41) is 4.34. The third kappa shape index (κ3) is 7.16. The van der Waals surface area contributed by atoms with Crippen molar-refractivity contribution < 1.29 is 14.3 Å². The van der Waals surface area contributed by atoms with Gasteiger partial charge in [-0.3, -0.25) is 9.59 Å². The van der Waals surface area contributed by atoms with Crippen LogP contribution in [0.1, 0.15) is 90.5 Å². The number of ether oxygens (including phenoxy) is 1. The molecular weight excluding hydrogens is 488 g/mol. The molecule has 2 N–H and O–H groups in total. The van der Waals surface area contributed by atoms with Crippen molar-refractivity contribution in [1.82, 2.24) is 9.78 Å². The zero-order valence-corrected chi connectivity index (χ0v) is 24.4. The molecule has 0 bridgehead atoms. The molecule has 1 aliphatic carbocycles. The molecule has 1 fully saturated rings. The number of carbonyl (C=O) groups excluding carboxylic acids is 2. The smallest absolute Gasteiger partial charge is 0.269 e. The summed E-state index contributed by atoms with van der Waals surface area (Å²) in [7, 11) is 3.75. The molecule has 1 heterocycles. The molecule has 0 unspecified atom stereocenters. The van der Waals surface area contributed by atoms with Crippen LogP contribution < -0.4 is 15.4 Å². The predicted molar refractivity (Wildman–Crippen MR) is 158 cm³/mol. The van der Waals surface area contributed by atoms with Crippen LogP contribution in [-0.4, -0.2) is 35.6 Å². The number of hydrogen-bond donors (Lipinski definition) is 1. The first-order valence-electron chi connectivity index (χ1n) is 13.7. The Bertz CT molecular complexity index is 1350. The molecular formula is C32H42N4O3. The molecule has 0 radical (unpaired) electrons. The molecule has 3 aromatic rings. The van der Waals surface area contributed by atoms with Crippen LogP contribution in [0.25, 0.3) is 5.69 Å². The molecule has 1 amide bonds. The van der Waals surface area contributed by atoms with E-state index in [4.69, 9.17) is 10.5 Å². The Kier molecular flexibility index (Phi) is 10.1. The number of nitrogens with zero attached hydrogens (tertiary/aromatic N) is 3. The fourth-order valence-electron chi connectivity index (χ4n) is 4.70. The summed E-state index contributed by atoms with van der Waals surface area (Å²) in [6.07, 6.45) is 5.09. The number of aryl methyl sites for hydroxylation is 2. The van der Waals surface area contributed by atoms with Crippen molar-refractivity contribution in [2.24, 2.45) is 5.73 Å². The number of anilines is 1.